The molecule has 1 atom stereocenters. The Hall–Kier alpha value is -3.19. The van der Waals surface area contributed by atoms with Crippen molar-refractivity contribution in [3.63, 3.8) is 0 Å². The first-order valence-electron chi connectivity index (χ1n) is 11.0. The first-order chi connectivity index (χ1) is 16.4. The van der Waals surface area contributed by atoms with Crippen molar-refractivity contribution in [2.24, 2.45) is 0 Å². The highest BCUT2D eigenvalue weighted by Gasteiger charge is 2.58. The van der Waals surface area contributed by atoms with Crippen LogP contribution < -0.4 is 16.0 Å². The summed E-state index contributed by atoms with van der Waals surface area (Å²) >= 11 is 0. The molecule has 1 aliphatic heterocycles. The number of pyridine rings is 1. The summed E-state index contributed by atoms with van der Waals surface area (Å²) in [5.74, 6) is -6.32. The summed E-state index contributed by atoms with van der Waals surface area (Å²) in [5, 5.41) is 16.5. The van der Waals surface area contributed by atoms with Crippen LogP contribution in [0.25, 0.3) is 0 Å². The van der Waals surface area contributed by atoms with Gasteiger partial charge in [0.2, 0.25) is 5.91 Å². The number of carbonyl (C=O) groups excluding carboxylic acids is 2. The summed E-state index contributed by atoms with van der Waals surface area (Å²) in [6, 6.07) is 2.34. The molecule has 0 bridgehead atoms. The Morgan fingerprint density at radius 1 is 1.17 bits per heavy atom. The number of carbonyl (C=O) groups is 3. The van der Waals surface area contributed by atoms with E-state index in [4.69, 9.17) is 5.11 Å². The van der Waals surface area contributed by atoms with Crippen LogP contribution in [0.3, 0.4) is 0 Å². The molecule has 35 heavy (non-hydrogen) atoms. The van der Waals surface area contributed by atoms with E-state index in [0.29, 0.717) is 19.3 Å². The quantitative estimate of drug-likeness (QED) is 0.251. The lowest BCUT2D eigenvalue weighted by atomic mass is 10.1. The number of aromatic nitrogens is 1. The molecule has 1 aliphatic rings. The Morgan fingerprint density at radius 2 is 1.91 bits per heavy atom. The predicted octanol–water partition coefficient (Wildman–Crippen LogP) is 3.04. The van der Waals surface area contributed by atoms with E-state index >= 15 is 0 Å². The van der Waals surface area contributed by atoms with Gasteiger partial charge in [-0.25, -0.2) is 14.6 Å². The number of unbranched alkanes of at least 4 members (excludes halogenated alkanes) is 1. The topological polar surface area (TPSA) is 130 Å². The van der Waals surface area contributed by atoms with Gasteiger partial charge in [0.05, 0.1) is 0 Å². The summed E-state index contributed by atoms with van der Waals surface area (Å²) in [6.45, 7) is -1.58. The Labute approximate surface area is 197 Å². The zero-order valence-electron chi connectivity index (χ0n) is 18.7. The molecule has 0 aliphatic carbocycles. The average Bonchev–Trinajstić information content (AvgIpc) is 2.79. The molecule has 0 aromatic carbocycles. The second-order valence-electron chi connectivity index (χ2n) is 8.00. The van der Waals surface area contributed by atoms with Gasteiger partial charge >= 0.3 is 24.2 Å². The fourth-order valence-corrected chi connectivity index (χ4v) is 3.22. The van der Waals surface area contributed by atoms with Crippen molar-refractivity contribution in [2.75, 3.05) is 25.0 Å². The van der Waals surface area contributed by atoms with Gasteiger partial charge in [0.15, 0.2) is 6.61 Å². The maximum atomic E-state index is 12.8. The normalized spacial score (nSPS) is 14.3. The van der Waals surface area contributed by atoms with Crippen molar-refractivity contribution in [3.05, 3.63) is 23.4 Å². The van der Waals surface area contributed by atoms with Crippen LogP contribution in [0, 0.1) is 0 Å². The third kappa shape index (κ3) is 9.17. The van der Waals surface area contributed by atoms with E-state index in [0.717, 1.165) is 30.9 Å². The van der Waals surface area contributed by atoms with Crippen molar-refractivity contribution in [1.29, 1.82) is 0 Å². The zero-order valence-corrected chi connectivity index (χ0v) is 18.7. The Bertz CT molecular complexity index is 897. The van der Waals surface area contributed by atoms with Crippen LogP contribution in [-0.4, -0.2) is 65.9 Å². The highest BCUT2D eigenvalue weighted by atomic mass is 19.4. The van der Waals surface area contributed by atoms with Gasteiger partial charge < -0.3 is 25.8 Å². The van der Waals surface area contributed by atoms with Gasteiger partial charge in [-0.2, -0.15) is 22.0 Å². The minimum Gasteiger partial charge on any atom is -0.480 e. The van der Waals surface area contributed by atoms with Gasteiger partial charge in [0.1, 0.15) is 11.9 Å². The van der Waals surface area contributed by atoms with Crippen molar-refractivity contribution < 1.29 is 46.2 Å². The van der Waals surface area contributed by atoms with Crippen molar-refractivity contribution in [2.45, 2.75) is 63.1 Å². The Morgan fingerprint density at radius 3 is 2.60 bits per heavy atom. The lowest BCUT2D eigenvalue weighted by molar-refractivity contribution is -0.292. The van der Waals surface area contributed by atoms with Crippen LogP contribution in [0.1, 0.15) is 43.4 Å². The van der Waals surface area contributed by atoms with Gasteiger partial charge in [-0.1, -0.05) is 6.07 Å². The van der Waals surface area contributed by atoms with Crippen LogP contribution in [0.15, 0.2) is 12.1 Å². The number of ether oxygens (including phenoxy) is 1. The molecule has 1 aromatic heterocycles. The predicted molar refractivity (Wildman–Crippen MR) is 113 cm³/mol. The molecule has 2 amide bonds. The molecule has 1 aromatic rings. The van der Waals surface area contributed by atoms with Crippen LogP contribution >= 0.6 is 0 Å². The number of carboxylic acid groups (broad SMARTS) is 1. The van der Waals surface area contributed by atoms with Crippen LogP contribution in [-0.2, 0) is 27.2 Å². The van der Waals surface area contributed by atoms with E-state index in [-0.39, 0.29) is 25.3 Å². The van der Waals surface area contributed by atoms with Gasteiger partial charge in [-0.05, 0) is 50.2 Å². The number of alkyl carbamates (subject to hydrolysis) is 1. The molecule has 0 fully saturated rings. The SMILES string of the molecule is O=C(CCCCc1ccc2c(n1)NCCC2)NCCC(NC(=O)OCC(F)(F)C(F)(F)F)C(=O)O. The minimum absolute atomic E-state index is 0.170. The molecule has 9 nitrogen and oxygen atoms in total. The molecule has 196 valence electrons. The molecule has 0 radical (unpaired) electrons. The lowest BCUT2D eigenvalue weighted by Gasteiger charge is -2.20. The van der Waals surface area contributed by atoms with Gasteiger partial charge in [-0.3, -0.25) is 4.79 Å². The third-order valence-electron chi connectivity index (χ3n) is 5.18. The molecule has 2 rings (SSSR count). The molecule has 4 N–H and O–H groups in total. The lowest BCUT2D eigenvalue weighted by Crippen LogP contribution is -2.46. The van der Waals surface area contributed by atoms with Gasteiger partial charge in [0, 0.05) is 25.2 Å². The summed E-state index contributed by atoms with van der Waals surface area (Å²) in [5.41, 5.74) is 2.09. The highest BCUT2D eigenvalue weighted by molar-refractivity contribution is 5.80. The number of hydrogen-bond donors (Lipinski definition) is 4. The summed E-state index contributed by atoms with van der Waals surface area (Å²) < 4.78 is 65.6. The number of aryl methyl sites for hydroxylation is 2. The number of halogens is 5. The second-order valence-corrected chi connectivity index (χ2v) is 8.00. The van der Waals surface area contributed by atoms with Crippen molar-refractivity contribution >= 4 is 23.8 Å². The largest absolute Gasteiger partial charge is 0.480 e. The third-order valence-corrected chi connectivity index (χ3v) is 5.18. The first kappa shape index (κ1) is 28.1. The number of fused-ring (bicyclic) bond motifs is 1. The first-order valence-corrected chi connectivity index (χ1v) is 11.0. The van der Waals surface area contributed by atoms with E-state index in [1.165, 1.54) is 5.56 Å². The summed E-state index contributed by atoms with van der Waals surface area (Å²) in [6.07, 6.45) is -3.84. The number of aliphatic carboxylic acids is 1. The summed E-state index contributed by atoms with van der Waals surface area (Å²) in [4.78, 5) is 39.1. The number of rotatable bonds is 12. The standard InChI is InChI=1S/C21H27F5N4O5/c22-20(23,21(24,25)26)12-35-19(34)30-15(18(32)33)9-11-27-16(31)6-2-1-5-14-8-7-13-4-3-10-28-17(13)29-14/h7-8,15H,1-6,9-12H2,(H,27,31)(H,28,29)(H,30,34)(H,32,33). The highest BCUT2D eigenvalue weighted by Crippen LogP contribution is 2.35. The summed E-state index contributed by atoms with van der Waals surface area (Å²) in [7, 11) is 0. The minimum atomic E-state index is -5.92. The number of hydrogen-bond acceptors (Lipinski definition) is 6. The average molecular weight is 510 g/mol. The van der Waals surface area contributed by atoms with E-state index in [1.807, 2.05) is 12.1 Å². The molecule has 0 saturated heterocycles. The Balaban J connectivity index is 1.64. The van der Waals surface area contributed by atoms with E-state index in [1.54, 1.807) is 5.32 Å². The molecule has 2 heterocycles. The smallest absolute Gasteiger partial charge is 0.456 e. The van der Waals surface area contributed by atoms with Crippen LogP contribution in [0.4, 0.5) is 32.6 Å². The molecular weight excluding hydrogens is 483 g/mol. The number of alkyl halides is 5. The number of amides is 2. The monoisotopic (exact) mass is 510 g/mol. The van der Waals surface area contributed by atoms with E-state index < -0.39 is 36.8 Å². The molecule has 0 saturated carbocycles. The fraction of sp³-hybridized carbons (Fsp3) is 0.619. The molecule has 1 unspecified atom stereocenters. The van der Waals surface area contributed by atoms with Crippen LogP contribution in [0.2, 0.25) is 0 Å². The number of anilines is 1. The van der Waals surface area contributed by atoms with Crippen molar-refractivity contribution in [3.8, 4) is 0 Å². The maximum Gasteiger partial charge on any atom is 0.456 e. The second kappa shape index (κ2) is 12.5. The number of nitrogens with one attached hydrogen (secondary N) is 3. The van der Waals surface area contributed by atoms with E-state index in [9.17, 15) is 36.3 Å². The maximum absolute atomic E-state index is 12.8. The fourth-order valence-electron chi connectivity index (χ4n) is 3.22. The van der Waals surface area contributed by atoms with Gasteiger partial charge in [0.25, 0.3) is 0 Å². The van der Waals surface area contributed by atoms with Gasteiger partial charge in [-0.15, -0.1) is 0 Å². The Kier molecular flexibility index (Phi) is 10.0. The zero-order chi connectivity index (χ0) is 26.1. The molecule has 14 heteroatoms. The molecular formula is C21H27F5N4O5. The number of carboxylic acids is 1. The molecule has 0 spiro atoms. The number of nitrogens with zero attached hydrogens (tertiary/aromatic N) is 1. The van der Waals surface area contributed by atoms with E-state index in [2.05, 4.69) is 20.4 Å². The van der Waals surface area contributed by atoms with Crippen molar-refractivity contribution in [1.82, 2.24) is 15.6 Å². The van der Waals surface area contributed by atoms with Crippen LogP contribution in [0.5, 0.6) is 0 Å².